The average Bonchev–Trinajstić information content (AvgIpc) is 2.86. The summed E-state index contributed by atoms with van der Waals surface area (Å²) in [6.45, 7) is 3.27. The van der Waals surface area contributed by atoms with E-state index in [2.05, 4.69) is 22.4 Å². The van der Waals surface area contributed by atoms with Crippen molar-refractivity contribution in [3.05, 3.63) is 39.8 Å². The molecule has 1 atom stereocenters. The molecule has 19 heavy (non-hydrogen) atoms. The smallest absolute Gasteiger partial charge is 0.161 e. The van der Waals surface area contributed by atoms with Gasteiger partial charge in [0, 0.05) is 4.88 Å². The maximum absolute atomic E-state index is 5.64. The number of aromatic nitrogens is 1. The minimum atomic E-state index is 0.142. The van der Waals surface area contributed by atoms with E-state index in [1.807, 2.05) is 25.5 Å². The predicted molar refractivity (Wildman–Crippen MR) is 75.2 cm³/mol. The van der Waals surface area contributed by atoms with Gasteiger partial charge in [0.1, 0.15) is 13.2 Å². The molecular weight excluding hydrogens is 260 g/mol. The Labute approximate surface area is 116 Å². The summed E-state index contributed by atoms with van der Waals surface area (Å²) in [5.41, 5.74) is 4.12. The van der Waals surface area contributed by atoms with Crippen LogP contribution in [0.2, 0.25) is 0 Å². The van der Waals surface area contributed by atoms with Crippen LogP contribution in [0.3, 0.4) is 0 Å². The minimum Gasteiger partial charge on any atom is -0.486 e. The van der Waals surface area contributed by atoms with Crippen molar-refractivity contribution in [3.63, 3.8) is 0 Å². The van der Waals surface area contributed by atoms with Crippen LogP contribution in [-0.2, 0) is 0 Å². The molecular formula is C14H16N2O2S. The number of fused-ring (bicyclic) bond motifs is 1. The molecule has 1 N–H and O–H groups in total. The molecule has 1 aromatic carbocycles. The van der Waals surface area contributed by atoms with Crippen molar-refractivity contribution in [1.29, 1.82) is 0 Å². The van der Waals surface area contributed by atoms with Crippen LogP contribution >= 0.6 is 11.3 Å². The van der Waals surface area contributed by atoms with E-state index in [-0.39, 0.29) is 6.04 Å². The Morgan fingerprint density at radius 2 is 2.05 bits per heavy atom. The quantitative estimate of drug-likeness (QED) is 0.935. The molecule has 0 amide bonds. The highest BCUT2D eigenvalue weighted by atomic mass is 32.1. The van der Waals surface area contributed by atoms with Gasteiger partial charge in [0.25, 0.3) is 0 Å². The van der Waals surface area contributed by atoms with Gasteiger partial charge >= 0.3 is 0 Å². The van der Waals surface area contributed by atoms with Gasteiger partial charge in [-0.05, 0) is 31.7 Å². The predicted octanol–water partition coefficient (Wildman–Crippen LogP) is 2.53. The summed E-state index contributed by atoms with van der Waals surface area (Å²) in [7, 11) is 1.96. The van der Waals surface area contributed by atoms with E-state index in [1.54, 1.807) is 11.3 Å². The van der Waals surface area contributed by atoms with Crippen LogP contribution in [0.1, 0.15) is 22.2 Å². The van der Waals surface area contributed by atoms with Gasteiger partial charge in [-0.3, -0.25) is 0 Å². The van der Waals surface area contributed by atoms with Gasteiger partial charge in [-0.25, -0.2) is 4.98 Å². The van der Waals surface area contributed by atoms with Crippen LogP contribution in [-0.4, -0.2) is 25.2 Å². The van der Waals surface area contributed by atoms with Crippen molar-refractivity contribution in [3.8, 4) is 11.5 Å². The second-order valence-electron chi connectivity index (χ2n) is 4.43. The Hall–Kier alpha value is -1.59. The van der Waals surface area contributed by atoms with E-state index in [4.69, 9.17) is 9.47 Å². The summed E-state index contributed by atoms with van der Waals surface area (Å²) in [4.78, 5) is 5.56. The van der Waals surface area contributed by atoms with Crippen LogP contribution in [0.25, 0.3) is 0 Å². The number of aryl methyl sites for hydroxylation is 1. The molecule has 0 radical (unpaired) electrons. The largest absolute Gasteiger partial charge is 0.486 e. The van der Waals surface area contributed by atoms with Crippen LogP contribution < -0.4 is 14.8 Å². The summed E-state index contributed by atoms with van der Waals surface area (Å²) in [6.07, 6.45) is 0. The third kappa shape index (κ3) is 2.31. The molecule has 3 rings (SSSR count). The first-order valence-electron chi connectivity index (χ1n) is 6.26. The Balaban J connectivity index is 1.98. The molecule has 4 nitrogen and oxygen atoms in total. The van der Waals surface area contributed by atoms with E-state index in [9.17, 15) is 0 Å². The fourth-order valence-electron chi connectivity index (χ4n) is 2.28. The molecule has 5 heteroatoms. The highest BCUT2D eigenvalue weighted by molar-refractivity contribution is 7.09. The Morgan fingerprint density at radius 1 is 1.26 bits per heavy atom. The molecule has 0 saturated heterocycles. The summed E-state index contributed by atoms with van der Waals surface area (Å²) in [5, 5.41) is 3.34. The summed E-state index contributed by atoms with van der Waals surface area (Å²) in [5.74, 6) is 1.65. The summed E-state index contributed by atoms with van der Waals surface area (Å²) in [6, 6.07) is 6.25. The van der Waals surface area contributed by atoms with Crippen LogP contribution in [0.5, 0.6) is 11.5 Å². The lowest BCUT2D eigenvalue weighted by Crippen LogP contribution is -2.19. The van der Waals surface area contributed by atoms with E-state index < -0.39 is 0 Å². The van der Waals surface area contributed by atoms with E-state index in [0.717, 1.165) is 17.2 Å². The summed E-state index contributed by atoms with van der Waals surface area (Å²) >= 11 is 1.67. The molecule has 2 heterocycles. The second-order valence-corrected chi connectivity index (χ2v) is 5.31. The molecule has 0 fully saturated rings. The first-order chi connectivity index (χ1) is 9.29. The van der Waals surface area contributed by atoms with Crippen molar-refractivity contribution in [2.45, 2.75) is 13.0 Å². The number of hydrogen-bond acceptors (Lipinski definition) is 5. The molecule has 0 bridgehead atoms. The van der Waals surface area contributed by atoms with Gasteiger partial charge in [0.05, 0.1) is 17.2 Å². The molecule has 1 aromatic heterocycles. The lowest BCUT2D eigenvalue weighted by atomic mass is 10.0. The topological polar surface area (TPSA) is 43.4 Å². The highest BCUT2D eigenvalue weighted by Crippen LogP contribution is 2.35. The van der Waals surface area contributed by atoms with Gasteiger partial charge < -0.3 is 14.8 Å². The summed E-state index contributed by atoms with van der Waals surface area (Å²) < 4.78 is 11.2. The molecule has 1 aliphatic rings. The third-order valence-electron chi connectivity index (χ3n) is 3.23. The van der Waals surface area contributed by atoms with Crippen molar-refractivity contribution in [2.24, 2.45) is 0 Å². The van der Waals surface area contributed by atoms with Gasteiger partial charge in [0.2, 0.25) is 0 Å². The number of nitrogens with zero attached hydrogens (tertiary/aromatic N) is 1. The highest BCUT2D eigenvalue weighted by Gasteiger charge is 2.19. The molecule has 0 aliphatic carbocycles. The van der Waals surface area contributed by atoms with E-state index in [1.165, 1.54) is 10.4 Å². The van der Waals surface area contributed by atoms with Crippen molar-refractivity contribution < 1.29 is 9.47 Å². The Kier molecular flexibility index (Phi) is 3.40. The maximum Gasteiger partial charge on any atom is 0.161 e. The Bertz CT molecular complexity index is 583. The van der Waals surface area contributed by atoms with E-state index >= 15 is 0 Å². The molecule has 100 valence electrons. The molecule has 0 saturated carbocycles. The van der Waals surface area contributed by atoms with Crippen LogP contribution in [0, 0.1) is 6.92 Å². The van der Waals surface area contributed by atoms with Gasteiger partial charge in [-0.1, -0.05) is 6.07 Å². The van der Waals surface area contributed by atoms with Crippen molar-refractivity contribution in [1.82, 2.24) is 10.3 Å². The lowest BCUT2D eigenvalue weighted by Gasteiger charge is -2.21. The third-order valence-corrected chi connectivity index (χ3v) is 4.23. The molecule has 1 unspecified atom stereocenters. The van der Waals surface area contributed by atoms with Crippen LogP contribution in [0.4, 0.5) is 0 Å². The zero-order valence-electron chi connectivity index (χ0n) is 11.0. The number of rotatable bonds is 3. The number of thiazole rings is 1. The maximum atomic E-state index is 5.64. The van der Waals surface area contributed by atoms with Crippen molar-refractivity contribution >= 4 is 11.3 Å². The number of hydrogen-bond donors (Lipinski definition) is 1. The number of nitrogens with one attached hydrogen (secondary N) is 1. The SMILES string of the molecule is CNC(c1ccc2c(c1)OCCO2)c1scnc1C. The standard InChI is InChI=1S/C14H16N2O2S/c1-9-14(19-8-16-9)13(15-2)10-3-4-11-12(7-10)18-6-5-17-11/h3-4,7-8,13,15H,5-6H2,1-2H3. The first-order valence-corrected chi connectivity index (χ1v) is 7.14. The fourth-order valence-corrected chi connectivity index (χ4v) is 3.21. The van der Waals surface area contributed by atoms with Crippen LogP contribution in [0.15, 0.2) is 23.7 Å². The second kappa shape index (κ2) is 5.19. The fraction of sp³-hybridized carbons (Fsp3) is 0.357. The zero-order valence-corrected chi connectivity index (χ0v) is 11.8. The average molecular weight is 276 g/mol. The van der Waals surface area contributed by atoms with Crippen molar-refractivity contribution in [2.75, 3.05) is 20.3 Å². The molecule has 1 aliphatic heterocycles. The minimum absolute atomic E-state index is 0.142. The number of ether oxygens (including phenoxy) is 2. The first kappa shape index (κ1) is 12.4. The van der Waals surface area contributed by atoms with E-state index in [0.29, 0.717) is 13.2 Å². The van der Waals surface area contributed by atoms with Gasteiger partial charge in [-0.2, -0.15) is 0 Å². The van der Waals surface area contributed by atoms with Gasteiger partial charge in [-0.15, -0.1) is 11.3 Å². The Morgan fingerprint density at radius 3 is 2.74 bits per heavy atom. The number of benzene rings is 1. The zero-order chi connectivity index (χ0) is 13.2. The molecule has 2 aromatic rings. The normalized spacial score (nSPS) is 15.3. The lowest BCUT2D eigenvalue weighted by molar-refractivity contribution is 0.171. The van der Waals surface area contributed by atoms with Gasteiger partial charge in [0.15, 0.2) is 11.5 Å². The monoisotopic (exact) mass is 276 g/mol. The molecule has 0 spiro atoms.